The average Bonchev–Trinajstić information content (AvgIpc) is 2.18. The van der Waals surface area contributed by atoms with Gasteiger partial charge in [0, 0.05) is 17.8 Å². The lowest BCUT2D eigenvalue weighted by molar-refractivity contribution is 0.270. The van der Waals surface area contributed by atoms with Crippen molar-refractivity contribution in [2.24, 2.45) is 0 Å². The monoisotopic (exact) mass is 218 g/mol. The molecule has 0 amide bonds. The van der Waals surface area contributed by atoms with Crippen molar-refractivity contribution in [3.8, 4) is 0 Å². The van der Waals surface area contributed by atoms with Gasteiger partial charge in [-0.2, -0.15) is 0 Å². The van der Waals surface area contributed by atoms with Gasteiger partial charge in [-0.3, -0.25) is 0 Å². The van der Waals surface area contributed by atoms with Gasteiger partial charge in [-0.15, -0.1) is 0 Å². The Morgan fingerprint density at radius 3 is 2.56 bits per heavy atom. The zero-order chi connectivity index (χ0) is 11.9. The van der Waals surface area contributed by atoms with E-state index in [1.807, 2.05) is 0 Å². The van der Waals surface area contributed by atoms with E-state index >= 15 is 0 Å². The molecule has 0 aromatic heterocycles. The van der Waals surface area contributed by atoms with Crippen LogP contribution >= 0.6 is 0 Å². The van der Waals surface area contributed by atoms with Crippen molar-refractivity contribution in [3.05, 3.63) is 28.8 Å². The minimum atomic E-state index is 0.546. The summed E-state index contributed by atoms with van der Waals surface area (Å²) in [5.74, 6) is 0. The molecule has 1 aliphatic heterocycles. The highest BCUT2D eigenvalue weighted by Crippen LogP contribution is 2.37. The van der Waals surface area contributed by atoms with Crippen molar-refractivity contribution in [1.29, 1.82) is 0 Å². The third-order valence-electron chi connectivity index (χ3n) is 3.46. The molecule has 0 aliphatic carbocycles. The second-order valence-corrected chi connectivity index (χ2v) is 5.31. The van der Waals surface area contributed by atoms with Crippen molar-refractivity contribution in [3.63, 3.8) is 0 Å². The first-order valence-corrected chi connectivity index (χ1v) is 6.03. The number of hydrogen-bond acceptors (Lipinski definition) is 2. The van der Waals surface area contributed by atoms with Crippen LogP contribution in [0.5, 0.6) is 0 Å². The third kappa shape index (κ3) is 1.94. The lowest BCUT2D eigenvalue weighted by Crippen LogP contribution is -2.33. The van der Waals surface area contributed by atoms with Gasteiger partial charge in [0.2, 0.25) is 0 Å². The van der Waals surface area contributed by atoms with E-state index in [1.54, 1.807) is 0 Å². The van der Waals surface area contributed by atoms with E-state index < -0.39 is 0 Å². The first kappa shape index (κ1) is 11.5. The lowest BCUT2D eigenvalue weighted by Gasteiger charge is -2.36. The van der Waals surface area contributed by atoms with Crippen molar-refractivity contribution in [2.75, 3.05) is 19.4 Å². The van der Waals surface area contributed by atoms with Gasteiger partial charge < -0.3 is 10.2 Å². The number of nitrogens with zero attached hydrogens (tertiary/aromatic N) is 1. The Balaban J connectivity index is 2.52. The summed E-state index contributed by atoms with van der Waals surface area (Å²) in [4.78, 5) is 2.33. The van der Waals surface area contributed by atoms with Gasteiger partial charge in [0.15, 0.2) is 0 Å². The molecule has 2 heteroatoms. The van der Waals surface area contributed by atoms with E-state index in [9.17, 15) is 0 Å². The van der Waals surface area contributed by atoms with Crippen molar-refractivity contribution < 1.29 is 0 Å². The number of fused-ring (bicyclic) bond motifs is 1. The molecule has 2 nitrogen and oxygen atoms in total. The molecule has 0 saturated carbocycles. The molecule has 0 spiro atoms. The van der Waals surface area contributed by atoms with Crippen molar-refractivity contribution >= 4 is 5.69 Å². The van der Waals surface area contributed by atoms with E-state index in [0.717, 1.165) is 0 Å². The maximum atomic E-state index is 3.61. The maximum Gasteiger partial charge on any atom is 0.0420 e. The molecule has 1 aromatic rings. The smallest absolute Gasteiger partial charge is 0.0420 e. The van der Waals surface area contributed by atoms with Crippen LogP contribution in [0.15, 0.2) is 12.1 Å². The first-order chi connectivity index (χ1) is 7.49. The van der Waals surface area contributed by atoms with Gasteiger partial charge in [-0.05, 0) is 52.4 Å². The molecule has 2 atom stereocenters. The largest absolute Gasteiger partial charge is 0.382 e. The molecule has 0 saturated heterocycles. The summed E-state index contributed by atoms with van der Waals surface area (Å²) in [5.41, 5.74) is 5.54. The second kappa shape index (κ2) is 4.10. The number of rotatable bonds is 1. The fraction of sp³-hybridized carbons (Fsp3) is 0.571. The van der Waals surface area contributed by atoms with E-state index in [-0.39, 0.29) is 0 Å². The summed E-state index contributed by atoms with van der Waals surface area (Å²) in [7, 11) is 4.34. The Bertz CT molecular complexity index is 396. The summed E-state index contributed by atoms with van der Waals surface area (Å²) < 4.78 is 0. The normalized spacial score (nSPS) is 24.1. The summed E-state index contributed by atoms with van der Waals surface area (Å²) in [6.45, 7) is 6.64. The molecule has 2 rings (SSSR count). The second-order valence-electron chi connectivity index (χ2n) is 5.31. The van der Waals surface area contributed by atoms with Crippen LogP contribution < -0.4 is 5.32 Å². The highest BCUT2D eigenvalue weighted by Gasteiger charge is 2.26. The molecule has 88 valence electrons. The summed E-state index contributed by atoms with van der Waals surface area (Å²) >= 11 is 0. The number of benzene rings is 1. The Morgan fingerprint density at radius 2 is 1.94 bits per heavy atom. The van der Waals surface area contributed by atoms with Crippen molar-refractivity contribution in [2.45, 2.75) is 39.3 Å². The highest BCUT2D eigenvalue weighted by atomic mass is 15.1. The van der Waals surface area contributed by atoms with E-state index in [0.29, 0.717) is 12.1 Å². The average molecular weight is 218 g/mol. The van der Waals surface area contributed by atoms with Gasteiger partial charge in [-0.1, -0.05) is 17.7 Å². The lowest BCUT2D eigenvalue weighted by atomic mass is 9.89. The highest BCUT2D eigenvalue weighted by molar-refractivity contribution is 5.62. The van der Waals surface area contributed by atoms with Gasteiger partial charge in [0.05, 0.1) is 0 Å². The van der Waals surface area contributed by atoms with Crippen LogP contribution in [0.3, 0.4) is 0 Å². The van der Waals surface area contributed by atoms with Crippen LogP contribution in [0, 0.1) is 13.8 Å². The predicted octanol–water partition coefficient (Wildman–Crippen LogP) is 3.11. The van der Waals surface area contributed by atoms with Gasteiger partial charge in [0.25, 0.3) is 0 Å². The Morgan fingerprint density at radius 1 is 1.25 bits per heavy atom. The molecule has 16 heavy (non-hydrogen) atoms. The molecule has 1 aliphatic rings. The summed E-state index contributed by atoms with van der Waals surface area (Å²) in [6.07, 6.45) is 1.18. The third-order valence-corrected chi connectivity index (χ3v) is 3.46. The van der Waals surface area contributed by atoms with Crippen LogP contribution in [-0.2, 0) is 0 Å². The Kier molecular flexibility index (Phi) is 2.94. The fourth-order valence-corrected chi connectivity index (χ4v) is 2.72. The fourth-order valence-electron chi connectivity index (χ4n) is 2.72. The molecule has 1 aromatic carbocycles. The molecule has 1 heterocycles. The molecule has 0 radical (unpaired) electrons. The molecule has 0 fully saturated rings. The number of anilines is 1. The number of hydrogen-bond donors (Lipinski definition) is 1. The van der Waals surface area contributed by atoms with E-state index in [1.165, 1.54) is 28.8 Å². The Labute approximate surface area is 98.7 Å². The van der Waals surface area contributed by atoms with Gasteiger partial charge >= 0.3 is 0 Å². The van der Waals surface area contributed by atoms with E-state index in [2.05, 4.69) is 57.2 Å². The molecule has 0 bridgehead atoms. The molecule has 1 N–H and O–H groups in total. The minimum absolute atomic E-state index is 0.546. The molecular weight excluding hydrogens is 196 g/mol. The van der Waals surface area contributed by atoms with E-state index in [4.69, 9.17) is 0 Å². The zero-order valence-corrected chi connectivity index (χ0v) is 11.0. The number of aryl methyl sites for hydroxylation is 2. The topological polar surface area (TPSA) is 15.3 Å². The van der Waals surface area contributed by atoms with Crippen LogP contribution in [-0.4, -0.2) is 25.0 Å². The standard InChI is InChI=1S/C14H22N2/c1-9-6-10(2)14-12(7-9)13(16(4)5)8-11(3)15-14/h6-7,11,13,15H,8H2,1-5H3. The quantitative estimate of drug-likeness (QED) is 0.779. The molecule has 2 unspecified atom stereocenters. The Hall–Kier alpha value is -1.02. The van der Waals surface area contributed by atoms with Crippen LogP contribution in [0.4, 0.5) is 5.69 Å². The van der Waals surface area contributed by atoms with Crippen LogP contribution in [0.25, 0.3) is 0 Å². The maximum absolute atomic E-state index is 3.61. The zero-order valence-electron chi connectivity index (χ0n) is 11.0. The summed E-state index contributed by atoms with van der Waals surface area (Å²) in [6, 6.07) is 5.69. The van der Waals surface area contributed by atoms with Crippen molar-refractivity contribution in [1.82, 2.24) is 4.90 Å². The first-order valence-electron chi connectivity index (χ1n) is 6.03. The number of nitrogens with one attached hydrogen (secondary N) is 1. The SMILES string of the molecule is Cc1cc(C)c2c(c1)C(N(C)C)CC(C)N2. The van der Waals surface area contributed by atoms with Crippen LogP contribution in [0.2, 0.25) is 0 Å². The summed E-state index contributed by atoms with van der Waals surface area (Å²) in [5, 5.41) is 3.61. The van der Waals surface area contributed by atoms with Gasteiger partial charge in [-0.25, -0.2) is 0 Å². The predicted molar refractivity (Wildman–Crippen MR) is 70.0 cm³/mol. The van der Waals surface area contributed by atoms with Gasteiger partial charge in [0.1, 0.15) is 0 Å². The minimum Gasteiger partial charge on any atom is -0.382 e. The van der Waals surface area contributed by atoms with Crippen LogP contribution in [0.1, 0.15) is 36.1 Å². The molecular formula is C14H22N2.